The molecular formula is C17H27N5O4. The van der Waals surface area contributed by atoms with Crippen LogP contribution in [0.3, 0.4) is 0 Å². The average Bonchev–Trinajstić information content (AvgIpc) is 2.66. The minimum Gasteiger partial charge on any atom is -0.450 e. The maximum absolute atomic E-state index is 13.0. The molecule has 1 saturated heterocycles. The molecule has 0 aromatic carbocycles. The molecule has 1 aromatic rings. The second-order valence-corrected chi connectivity index (χ2v) is 5.72. The number of rotatable bonds is 6. The van der Waals surface area contributed by atoms with Crippen molar-refractivity contribution in [2.45, 2.75) is 13.8 Å². The highest BCUT2D eigenvalue weighted by molar-refractivity contribution is 5.94. The fourth-order valence-corrected chi connectivity index (χ4v) is 2.69. The van der Waals surface area contributed by atoms with Gasteiger partial charge in [0.25, 0.3) is 0 Å². The van der Waals surface area contributed by atoms with Crippen molar-refractivity contribution < 1.29 is 19.1 Å². The van der Waals surface area contributed by atoms with Crippen LogP contribution in [0.25, 0.3) is 0 Å². The Bertz CT molecular complexity index is 605. The van der Waals surface area contributed by atoms with Gasteiger partial charge in [0.15, 0.2) is 5.82 Å². The zero-order valence-corrected chi connectivity index (χ0v) is 15.4. The summed E-state index contributed by atoms with van der Waals surface area (Å²) in [5.41, 5.74) is 6.44. The van der Waals surface area contributed by atoms with Crippen LogP contribution in [-0.4, -0.2) is 79.5 Å². The summed E-state index contributed by atoms with van der Waals surface area (Å²) in [5.74, 6) is 0.421. The van der Waals surface area contributed by atoms with Crippen LogP contribution in [0.2, 0.25) is 0 Å². The highest BCUT2D eigenvalue weighted by Crippen LogP contribution is 2.21. The zero-order valence-electron chi connectivity index (χ0n) is 15.4. The Hall–Kier alpha value is -2.55. The van der Waals surface area contributed by atoms with E-state index >= 15 is 0 Å². The lowest BCUT2D eigenvalue weighted by Crippen LogP contribution is -2.55. The molecule has 1 aromatic heterocycles. The average molecular weight is 365 g/mol. The molecule has 1 aliphatic rings. The fourth-order valence-electron chi connectivity index (χ4n) is 2.69. The number of carbonyl (C=O) groups excluding carboxylic acids is 2. The number of aromatic nitrogens is 1. The van der Waals surface area contributed by atoms with Crippen LogP contribution in [0.4, 0.5) is 21.1 Å². The molecule has 0 atom stereocenters. The monoisotopic (exact) mass is 365 g/mol. The first-order chi connectivity index (χ1) is 12.6. The molecule has 0 radical (unpaired) electrons. The third-order valence-electron chi connectivity index (χ3n) is 4.04. The number of hydrogen-bond donors (Lipinski definition) is 1. The molecule has 1 aliphatic heterocycles. The van der Waals surface area contributed by atoms with Crippen LogP contribution in [0.5, 0.6) is 0 Å². The molecule has 9 heteroatoms. The van der Waals surface area contributed by atoms with E-state index in [1.165, 1.54) is 4.90 Å². The third kappa shape index (κ3) is 4.98. The van der Waals surface area contributed by atoms with Gasteiger partial charge >= 0.3 is 12.1 Å². The van der Waals surface area contributed by atoms with Crippen LogP contribution in [0, 0.1) is 0 Å². The van der Waals surface area contributed by atoms with Gasteiger partial charge in [-0.05, 0) is 26.0 Å². The van der Waals surface area contributed by atoms with E-state index in [9.17, 15) is 9.59 Å². The van der Waals surface area contributed by atoms with Crippen molar-refractivity contribution in [3.05, 3.63) is 18.3 Å². The second-order valence-electron chi connectivity index (χ2n) is 5.72. The molecule has 0 aliphatic carbocycles. The Balaban J connectivity index is 2.05. The molecule has 0 unspecified atom stereocenters. The first-order valence-corrected chi connectivity index (χ1v) is 8.84. The van der Waals surface area contributed by atoms with Gasteiger partial charge in [0.05, 0.1) is 25.4 Å². The molecule has 0 saturated carbocycles. The number of piperazine rings is 1. The molecule has 144 valence electrons. The summed E-state index contributed by atoms with van der Waals surface area (Å²) in [6.45, 7) is 7.03. The number of ether oxygens (including phenoxy) is 2. The molecule has 3 amide bonds. The lowest BCUT2D eigenvalue weighted by atomic mass is 10.3. The van der Waals surface area contributed by atoms with Gasteiger partial charge in [-0.25, -0.2) is 14.6 Å². The quantitative estimate of drug-likeness (QED) is 0.765. The molecule has 1 fully saturated rings. The van der Waals surface area contributed by atoms with E-state index in [2.05, 4.69) is 4.98 Å². The van der Waals surface area contributed by atoms with Crippen molar-refractivity contribution in [3.63, 3.8) is 0 Å². The number of amides is 3. The number of pyridine rings is 1. The van der Waals surface area contributed by atoms with Crippen molar-refractivity contribution in [2.75, 3.05) is 63.2 Å². The summed E-state index contributed by atoms with van der Waals surface area (Å²) in [7, 11) is 0. The number of hydrogen-bond acceptors (Lipinski definition) is 6. The van der Waals surface area contributed by atoms with Crippen LogP contribution >= 0.6 is 0 Å². The van der Waals surface area contributed by atoms with E-state index in [0.29, 0.717) is 64.0 Å². The number of nitrogens with two attached hydrogens (primary N) is 1. The van der Waals surface area contributed by atoms with Gasteiger partial charge in [0.1, 0.15) is 0 Å². The van der Waals surface area contributed by atoms with E-state index < -0.39 is 0 Å². The summed E-state index contributed by atoms with van der Waals surface area (Å²) in [6.07, 6.45) is 1.26. The molecule has 2 heterocycles. The van der Waals surface area contributed by atoms with Gasteiger partial charge in [0.2, 0.25) is 0 Å². The normalized spacial score (nSPS) is 14.2. The van der Waals surface area contributed by atoms with Gasteiger partial charge in [-0.15, -0.1) is 0 Å². The summed E-state index contributed by atoms with van der Waals surface area (Å²) in [4.78, 5) is 33.9. The van der Waals surface area contributed by atoms with Crippen LogP contribution in [0.15, 0.2) is 18.3 Å². The Kier molecular flexibility index (Phi) is 7.46. The SMILES string of the molecule is CCOCCN(C(=O)N1CCN(C(=O)OCC)CC1)c1ncccc1N. The van der Waals surface area contributed by atoms with Crippen molar-refractivity contribution in [3.8, 4) is 0 Å². The Morgan fingerprint density at radius 3 is 2.50 bits per heavy atom. The Morgan fingerprint density at radius 1 is 1.19 bits per heavy atom. The van der Waals surface area contributed by atoms with Gasteiger partial charge < -0.3 is 25.0 Å². The topological polar surface area (TPSA) is 101 Å². The molecule has 26 heavy (non-hydrogen) atoms. The van der Waals surface area contributed by atoms with Crippen molar-refractivity contribution >= 4 is 23.6 Å². The molecule has 2 N–H and O–H groups in total. The number of anilines is 2. The predicted molar refractivity (Wildman–Crippen MR) is 98.1 cm³/mol. The lowest BCUT2D eigenvalue weighted by molar-refractivity contribution is 0.0857. The van der Waals surface area contributed by atoms with E-state index in [1.807, 2.05) is 6.92 Å². The highest BCUT2D eigenvalue weighted by atomic mass is 16.6. The first-order valence-electron chi connectivity index (χ1n) is 8.84. The molecule has 0 spiro atoms. The summed E-state index contributed by atoms with van der Waals surface area (Å²) in [6, 6.07) is 3.24. The minimum atomic E-state index is -0.346. The minimum absolute atomic E-state index is 0.196. The summed E-state index contributed by atoms with van der Waals surface area (Å²) < 4.78 is 10.4. The smallest absolute Gasteiger partial charge is 0.409 e. The van der Waals surface area contributed by atoms with E-state index in [-0.39, 0.29) is 12.1 Å². The summed E-state index contributed by atoms with van der Waals surface area (Å²) in [5, 5.41) is 0. The first kappa shape index (κ1) is 19.8. The van der Waals surface area contributed by atoms with Crippen molar-refractivity contribution in [1.29, 1.82) is 0 Å². The Morgan fingerprint density at radius 2 is 1.88 bits per heavy atom. The van der Waals surface area contributed by atoms with Crippen molar-refractivity contribution in [2.24, 2.45) is 0 Å². The van der Waals surface area contributed by atoms with Crippen LogP contribution in [0.1, 0.15) is 13.8 Å². The lowest BCUT2D eigenvalue weighted by Gasteiger charge is -2.36. The molecule has 9 nitrogen and oxygen atoms in total. The number of nitrogens with zero attached hydrogens (tertiary/aromatic N) is 4. The Labute approximate surface area is 153 Å². The zero-order chi connectivity index (χ0) is 18.9. The third-order valence-corrected chi connectivity index (χ3v) is 4.04. The maximum Gasteiger partial charge on any atom is 0.409 e. The highest BCUT2D eigenvalue weighted by Gasteiger charge is 2.29. The van der Waals surface area contributed by atoms with Gasteiger partial charge in [-0.1, -0.05) is 0 Å². The van der Waals surface area contributed by atoms with Crippen molar-refractivity contribution in [1.82, 2.24) is 14.8 Å². The number of carbonyl (C=O) groups is 2. The summed E-state index contributed by atoms with van der Waals surface area (Å²) >= 11 is 0. The molecular weight excluding hydrogens is 338 g/mol. The van der Waals surface area contributed by atoms with E-state index in [4.69, 9.17) is 15.2 Å². The van der Waals surface area contributed by atoms with Gasteiger partial charge in [0, 0.05) is 39.0 Å². The molecule has 0 bridgehead atoms. The fraction of sp³-hybridized carbons (Fsp3) is 0.588. The van der Waals surface area contributed by atoms with Gasteiger partial charge in [-0.3, -0.25) is 4.90 Å². The molecule has 2 rings (SSSR count). The number of urea groups is 1. The number of nitrogen functional groups attached to an aromatic ring is 1. The largest absolute Gasteiger partial charge is 0.450 e. The van der Waals surface area contributed by atoms with Crippen LogP contribution < -0.4 is 10.6 Å². The predicted octanol–water partition coefficient (Wildman–Crippen LogP) is 1.40. The van der Waals surface area contributed by atoms with Crippen LogP contribution in [-0.2, 0) is 9.47 Å². The maximum atomic E-state index is 13.0. The van der Waals surface area contributed by atoms with Gasteiger partial charge in [-0.2, -0.15) is 0 Å². The second kappa shape index (κ2) is 9.81. The standard InChI is InChI=1S/C17H27N5O4/c1-3-25-13-12-22(15-14(18)6-5-7-19-15)16(23)20-8-10-21(11-9-20)17(24)26-4-2/h5-7H,3-4,8-13,18H2,1-2H3. The van der Waals surface area contributed by atoms with E-state index in [0.717, 1.165) is 0 Å². The van der Waals surface area contributed by atoms with E-state index in [1.54, 1.807) is 35.1 Å².